The van der Waals surface area contributed by atoms with Gasteiger partial charge in [0.15, 0.2) is 0 Å². The third kappa shape index (κ3) is 2.45. The van der Waals surface area contributed by atoms with Crippen molar-refractivity contribution < 1.29 is 0 Å². The maximum atomic E-state index is 8.81. The van der Waals surface area contributed by atoms with E-state index in [1.54, 1.807) is 6.07 Å². The molecule has 1 aromatic heterocycles. The summed E-state index contributed by atoms with van der Waals surface area (Å²) in [6.45, 7) is 4.69. The highest BCUT2D eigenvalue weighted by molar-refractivity contribution is 5.49. The van der Waals surface area contributed by atoms with E-state index in [1.165, 1.54) is 5.56 Å². The van der Waals surface area contributed by atoms with Gasteiger partial charge < -0.3 is 5.32 Å². The summed E-state index contributed by atoms with van der Waals surface area (Å²) in [6.07, 6.45) is 0. The van der Waals surface area contributed by atoms with Gasteiger partial charge >= 0.3 is 0 Å². The van der Waals surface area contributed by atoms with Gasteiger partial charge in [0.2, 0.25) is 0 Å². The first-order valence-corrected chi connectivity index (χ1v) is 5.45. The Hall–Kier alpha value is -2.28. The molecule has 2 aromatic rings. The topological polar surface area (TPSA) is 64.5 Å². The molecule has 4 heteroatoms. The molecule has 1 aromatic carbocycles. The van der Waals surface area contributed by atoms with E-state index in [4.69, 9.17) is 5.26 Å². The van der Waals surface area contributed by atoms with Gasteiger partial charge in [0.05, 0.1) is 17.3 Å². The zero-order valence-electron chi connectivity index (χ0n) is 9.91. The summed E-state index contributed by atoms with van der Waals surface area (Å²) in [5.74, 6) is 0. The van der Waals surface area contributed by atoms with Crippen LogP contribution in [-0.4, -0.2) is 10.2 Å². The molecule has 0 atom stereocenters. The van der Waals surface area contributed by atoms with Crippen molar-refractivity contribution in [2.24, 2.45) is 0 Å². The van der Waals surface area contributed by atoms with Crippen molar-refractivity contribution in [2.75, 3.05) is 5.32 Å². The molecule has 0 aliphatic heterocycles. The summed E-state index contributed by atoms with van der Waals surface area (Å²) >= 11 is 0. The lowest BCUT2D eigenvalue weighted by Crippen LogP contribution is -2.01. The van der Waals surface area contributed by atoms with Crippen LogP contribution in [0.2, 0.25) is 0 Å². The molecule has 2 N–H and O–H groups in total. The fraction of sp³-hybridized carbons (Fsp3) is 0.231. The van der Waals surface area contributed by atoms with Gasteiger partial charge in [0, 0.05) is 23.5 Å². The van der Waals surface area contributed by atoms with Crippen LogP contribution in [0.4, 0.5) is 5.69 Å². The lowest BCUT2D eigenvalue weighted by atomic mass is 10.2. The standard InChI is InChI=1S/C13H14N4/c1-9-13(10(2)17-16-9)8-15-12-5-3-4-11(6-12)7-14/h3-6,15H,8H2,1-2H3,(H,16,17). The zero-order valence-corrected chi connectivity index (χ0v) is 9.91. The predicted molar refractivity (Wildman–Crippen MR) is 66.5 cm³/mol. The molecule has 0 unspecified atom stereocenters. The molecule has 17 heavy (non-hydrogen) atoms. The summed E-state index contributed by atoms with van der Waals surface area (Å²) in [5, 5.41) is 19.2. The Labute approximate surface area is 100 Å². The molecule has 4 nitrogen and oxygen atoms in total. The van der Waals surface area contributed by atoms with E-state index < -0.39 is 0 Å². The molecule has 0 radical (unpaired) electrons. The highest BCUT2D eigenvalue weighted by atomic mass is 15.1. The minimum absolute atomic E-state index is 0.663. The fourth-order valence-corrected chi connectivity index (χ4v) is 1.72. The second-order valence-electron chi connectivity index (χ2n) is 3.96. The van der Waals surface area contributed by atoms with Gasteiger partial charge in [-0.05, 0) is 32.0 Å². The molecule has 1 heterocycles. The minimum atomic E-state index is 0.663. The summed E-state index contributed by atoms with van der Waals surface area (Å²) in [4.78, 5) is 0. The normalized spacial score (nSPS) is 9.94. The number of nitriles is 1. The number of anilines is 1. The number of hydrogen-bond acceptors (Lipinski definition) is 3. The van der Waals surface area contributed by atoms with Crippen LogP contribution in [0.1, 0.15) is 22.5 Å². The van der Waals surface area contributed by atoms with E-state index in [0.29, 0.717) is 12.1 Å². The number of rotatable bonds is 3. The SMILES string of the molecule is Cc1n[nH]c(C)c1CNc1cccc(C#N)c1. The lowest BCUT2D eigenvalue weighted by molar-refractivity contribution is 1.02. The van der Waals surface area contributed by atoms with E-state index >= 15 is 0 Å². The fourth-order valence-electron chi connectivity index (χ4n) is 1.72. The van der Waals surface area contributed by atoms with E-state index in [-0.39, 0.29) is 0 Å². The number of aromatic amines is 1. The van der Waals surface area contributed by atoms with Crippen LogP contribution in [0.5, 0.6) is 0 Å². The van der Waals surface area contributed by atoms with E-state index in [9.17, 15) is 0 Å². The van der Waals surface area contributed by atoms with Crippen LogP contribution in [-0.2, 0) is 6.54 Å². The number of aromatic nitrogens is 2. The Balaban J connectivity index is 2.10. The molecule has 0 aliphatic carbocycles. The minimum Gasteiger partial charge on any atom is -0.381 e. The Morgan fingerprint density at radius 3 is 2.88 bits per heavy atom. The average molecular weight is 226 g/mol. The van der Waals surface area contributed by atoms with Crippen molar-refractivity contribution in [1.29, 1.82) is 5.26 Å². The first kappa shape index (κ1) is 11.2. The molecule has 0 bridgehead atoms. The number of aryl methyl sites for hydroxylation is 2. The highest BCUT2D eigenvalue weighted by Crippen LogP contribution is 2.14. The van der Waals surface area contributed by atoms with Crippen molar-refractivity contribution in [1.82, 2.24) is 10.2 Å². The van der Waals surface area contributed by atoms with Crippen LogP contribution in [0.3, 0.4) is 0 Å². The Bertz CT molecular complexity index is 544. The van der Waals surface area contributed by atoms with Crippen molar-refractivity contribution in [2.45, 2.75) is 20.4 Å². The predicted octanol–water partition coefficient (Wildman–Crippen LogP) is 2.51. The summed E-state index contributed by atoms with van der Waals surface area (Å²) in [6, 6.07) is 9.58. The van der Waals surface area contributed by atoms with Gasteiger partial charge in [-0.15, -0.1) is 0 Å². The van der Waals surface area contributed by atoms with Crippen molar-refractivity contribution >= 4 is 5.69 Å². The van der Waals surface area contributed by atoms with Crippen molar-refractivity contribution in [3.05, 3.63) is 46.8 Å². The molecule has 0 aliphatic rings. The molecule has 0 saturated carbocycles. The van der Waals surface area contributed by atoms with Crippen LogP contribution in [0.25, 0.3) is 0 Å². The zero-order chi connectivity index (χ0) is 12.3. The molecule has 0 saturated heterocycles. The van der Waals surface area contributed by atoms with Gasteiger partial charge in [-0.1, -0.05) is 6.07 Å². The largest absolute Gasteiger partial charge is 0.381 e. The summed E-state index contributed by atoms with van der Waals surface area (Å²) in [5.41, 5.74) is 4.87. The van der Waals surface area contributed by atoms with Crippen LogP contribution < -0.4 is 5.32 Å². The smallest absolute Gasteiger partial charge is 0.0992 e. The molecular weight excluding hydrogens is 212 g/mol. The van der Waals surface area contributed by atoms with E-state index in [1.807, 2.05) is 32.0 Å². The van der Waals surface area contributed by atoms with E-state index in [0.717, 1.165) is 17.1 Å². The number of nitrogens with one attached hydrogen (secondary N) is 2. The number of hydrogen-bond donors (Lipinski definition) is 2. The first-order valence-electron chi connectivity index (χ1n) is 5.45. The van der Waals surface area contributed by atoms with E-state index in [2.05, 4.69) is 21.6 Å². The molecule has 0 spiro atoms. The average Bonchev–Trinajstić information content (AvgIpc) is 2.67. The molecule has 86 valence electrons. The van der Waals surface area contributed by atoms with Crippen molar-refractivity contribution in [3.8, 4) is 6.07 Å². The number of H-pyrrole nitrogens is 1. The maximum Gasteiger partial charge on any atom is 0.0992 e. The van der Waals surface area contributed by atoms with Crippen LogP contribution >= 0.6 is 0 Å². The summed E-state index contributed by atoms with van der Waals surface area (Å²) in [7, 11) is 0. The number of nitrogens with zero attached hydrogens (tertiary/aromatic N) is 2. The molecule has 0 fully saturated rings. The van der Waals surface area contributed by atoms with Crippen molar-refractivity contribution in [3.63, 3.8) is 0 Å². The monoisotopic (exact) mass is 226 g/mol. The van der Waals surface area contributed by atoms with Gasteiger partial charge in [-0.2, -0.15) is 10.4 Å². The van der Waals surface area contributed by atoms with Gasteiger partial charge in [-0.25, -0.2) is 0 Å². The van der Waals surface area contributed by atoms with Gasteiger partial charge in [0.1, 0.15) is 0 Å². The second-order valence-corrected chi connectivity index (χ2v) is 3.96. The molecule has 0 amide bonds. The number of benzene rings is 1. The molecule has 2 rings (SSSR count). The van der Waals surface area contributed by atoms with Gasteiger partial charge in [-0.3, -0.25) is 5.10 Å². The van der Waals surface area contributed by atoms with Gasteiger partial charge in [0.25, 0.3) is 0 Å². The van der Waals surface area contributed by atoms with Crippen LogP contribution in [0.15, 0.2) is 24.3 Å². The Morgan fingerprint density at radius 1 is 1.41 bits per heavy atom. The quantitative estimate of drug-likeness (QED) is 0.845. The second kappa shape index (κ2) is 4.71. The molecular formula is C13H14N4. The Morgan fingerprint density at radius 2 is 2.24 bits per heavy atom. The Kier molecular flexibility index (Phi) is 3.10. The maximum absolute atomic E-state index is 8.81. The lowest BCUT2D eigenvalue weighted by Gasteiger charge is -2.06. The third-order valence-corrected chi connectivity index (χ3v) is 2.74. The highest BCUT2D eigenvalue weighted by Gasteiger charge is 2.05. The van der Waals surface area contributed by atoms with Crippen LogP contribution in [0, 0.1) is 25.2 Å². The summed E-state index contributed by atoms with van der Waals surface area (Å²) < 4.78 is 0. The third-order valence-electron chi connectivity index (χ3n) is 2.74. The first-order chi connectivity index (χ1) is 8.20.